The van der Waals surface area contributed by atoms with E-state index in [1.165, 1.54) is 0 Å². The minimum absolute atomic E-state index is 0.399. The molecule has 0 aliphatic carbocycles. The molecule has 0 radical (unpaired) electrons. The second-order valence-electron chi connectivity index (χ2n) is 6.05. The Balaban J connectivity index is 2.15. The van der Waals surface area contributed by atoms with Crippen LogP contribution >= 0.6 is 7.94 Å². The van der Waals surface area contributed by atoms with Crippen molar-refractivity contribution < 1.29 is 13.9 Å². The van der Waals surface area contributed by atoms with Crippen LogP contribution in [0.4, 0.5) is 0 Å². The summed E-state index contributed by atoms with van der Waals surface area (Å²) in [4.78, 5) is 11.2. The van der Waals surface area contributed by atoms with Crippen molar-refractivity contribution in [1.82, 2.24) is 0 Å². The lowest BCUT2D eigenvalue weighted by Gasteiger charge is -2.22. The van der Waals surface area contributed by atoms with Gasteiger partial charge in [-0.05, 0) is 37.1 Å². The van der Waals surface area contributed by atoms with Crippen LogP contribution < -0.4 is 9.05 Å². The highest BCUT2D eigenvalue weighted by molar-refractivity contribution is 7.61. The molecule has 1 unspecified atom stereocenters. The van der Waals surface area contributed by atoms with E-state index in [0.29, 0.717) is 23.6 Å². The van der Waals surface area contributed by atoms with Gasteiger partial charge in [-0.25, -0.2) is 0 Å². The summed E-state index contributed by atoms with van der Waals surface area (Å²) in [5.74, 6) is 1.69. The summed E-state index contributed by atoms with van der Waals surface area (Å²) >= 11 is 0. The predicted octanol–water partition coefficient (Wildman–Crippen LogP) is 6.12. The van der Waals surface area contributed by atoms with E-state index in [-0.39, 0.29) is 0 Å². The lowest BCUT2D eigenvalue weighted by Crippen LogP contribution is -2.18. The van der Waals surface area contributed by atoms with Crippen LogP contribution in [-0.2, 0) is 0 Å². The first-order valence-corrected chi connectivity index (χ1v) is 10.5. The van der Waals surface area contributed by atoms with Crippen molar-refractivity contribution in [2.75, 3.05) is 6.16 Å². The smallest absolute Gasteiger partial charge is 0.278 e. The first-order chi connectivity index (χ1) is 11.6. The average molecular weight is 347 g/mol. The fourth-order valence-electron chi connectivity index (χ4n) is 2.63. The highest BCUT2D eigenvalue weighted by Gasteiger charge is 2.45. The van der Waals surface area contributed by atoms with E-state index < -0.39 is 7.94 Å². The van der Waals surface area contributed by atoms with Gasteiger partial charge in [-0.2, -0.15) is 4.89 Å². The van der Waals surface area contributed by atoms with Gasteiger partial charge in [0, 0.05) is 5.92 Å². The Bertz CT molecular complexity index is 532. The van der Waals surface area contributed by atoms with Crippen LogP contribution in [-0.4, -0.2) is 11.1 Å². The summed E-state index contributed by atoms with van der Waals surface area (Å²) in [6.07, 6.45) is 4.97. The molecular formula is C20H28O3P+. The van der Waals surface area contributed by atoms with E-state index in [9.17, 15) is 4.89 Å². The van der Waals surface area contributed by atoms with Gasteiger partial charge < -0.3 is 0 Å². The monoisotopic (exact) mass is 347 g/mol. The molecule has 0 aromatic heterocycles. The van der Waals surface area contributed by atoms with E-state index in [4.69, 9.17) is 9.05 Å². The molecule has 0 aliphatic rings. The maximum Gasteiger partial charge on any atom is 0.495 e. The zero-order valence-corrected chi connectivity index (χ0v) is 15.5. The number of hydrogen-bond donors (Lipinski definition) is 1. The molecule has 0 saturated heterocycles. The number of benzene rings is 2. The number of unbranched alkanes of at least 4 members (excludes halogenated alkanes) is 1. The van der Waals surface area contributed by atoms with Crippen LogP contribution in [0.5, 0.6) is 11.5 Å². The Hall–Kier alpha value is -1.57. The van der Waals surface area contributed by atoms with Gasteiger partial charge in [0.1, 0.15) is 0 Å². The molecule has 2 aromatic carbocycles. The number of rotatable bonds is 10. The van der Waals surface area contributed by atoms with Gasteiger partial charge in [0.25, 0.3) is 0 Å². The normalized spacial score (nSPS) is 12.6. The zero-order valence-electron chi connectivity index (χ0n) is 14.6. The van der Waals surface area contributed by atoms with Crippen LogP contribution in [0.3, 0.4) is 0 Å². The van der Waals surface area contributed by atoms with Gasteiger partial charge in [0.15, 0.2) is 17.7 Å². The van der Waals surface area contributed by atoms with Crippen LogP contribution in [0.1, 0.15) is 39.5 Å². The van der Waals surface area contributed by atoms with E-state index >= 15 is 0 Å². The predicted molar refractivity (Wildman–Crippen MR) is 101 cm³/mol. The molecule has 0 fully saturated rings. The Morgan fingerprint density at radius 3 is 1.79 bits per heavy atom. The zero-order chi connectivity index (χ0) is 17.3. The van der Waals surface area contributed by atoms with Gasteiger partial charge in [-0.3, -0.25) is 9.05 Å². The van der Waals surface area contributed by atoms with Crippen LogP contribution in [0.25, 0.3) is 0 Å². The summed E-state index contributed by atoms with van der Waals surface area (Å²) in [6.45, 7) is 4.35. The average Bonchev–Trinajstić information content (AvgIpc) is 2.60. The molecular weight excluding hydrogens is 319 g/mol. The van der Waals surface area contributed by atoms with Crippen molar-refractivity contribution in [3.8, 4) is 11.5 Å². The molecule has 0 aliphatic heterocycles. The standard InChI is InChI=1S/C20H28O3P/c1-3-5-12-18(4-2)17-24(21,22-19-13-8-6-9-14-19)23-20-15-10-7-11-16-20/h6-11,13-16,18,21H,3-5,12,17H2,1-2H3/q+1. The minimum Gasteiger partial charge on any atom is -0.278 e. The van der Waals surface area contributed by atoms with E-state index in [0.717, 1.165) is 25.7 Å². The van der Waals surface area contributed by atoms with E-state index in [1.807, 2.05) is 60.7 Å². The molecule has 1 atom stereocenters. The van der Waals surface area contributed by atoms with Crippen LogP contribution in [0.15, 0.2) is 60.7 Å². The lowest BCUT2D eigenvalue weighted by atomic mass is 10.0. The molecule has 4 heteroatoms. The number of para-hydroxylation sites is 2. The van der Waals surface area contributed by atoms with E-state index in [2.05, 4.69) is 13.8 Å². The van der Waals surface area contributed by atoms with Crippen molar-refractivity contribution in [2.45, 2.75) is 39.5 Å². The molecule has 0 saturated carbocycles. The van der Waals surface area contributed by atoms with E-state index in [1.54, 1.807) is 0 Å². The molecule has 24 heavy (non-hydrogen) atoms. The molecule has 0 bridgehead atoms. The van der Waals surface area contributed by atoms with Gasteiger partial charge in [-0.1, -0.05) is 63.1 Å². The molecule has 0 amide bonds. The fourth-order valence-corrected chi connectivity index (χ4v) is 4.81. The molecule has 0 heterocycles. The molecule has 2 aromatic rings. The first kappa shape index (κ1) is 18.8. The number of hydrogen-bond acceptors (Lipinski definition) is 3. The summed E-state index contributed by atoms with van der Waals surface area (Å²) in [5, 5.41) is 0. The fraction of sp³-hybridized carbons (Fsp3) is 0.400. The lowest BCUT2D eigenvalue weighted by molar-refractivity contribution is 0.329. The molecule has 0 spiro atoms. The minimum atomic E-state index is -3.03. The van der Waals surface area contributed by atoms with Crippen molar-refractivity contribution in [3.05, 3.63) is 60.7 Å². The van der Waals surface area contributed by atoms with Gasteiger partial charge >= 0.3 is 7.94 Å². The van der Waals surface area contributed by atoms with Crippen LogP contribution in [0.2, 0.25) is 0 Å². The van der Waals surface area contributed by atoms with Gasteiger partial charge in [0.05, 0.1) is 0 Å². The maximum absolute atomic E-state index is 11.2. The Labute approximate surface area is 146 Å². The summed E-state index contributed by atoms with van der Waals surface area (Å²) in [5.41, 5.74) is 0. The van der Waals surface area contributed by atoms with Crippen molar-refractivity contribution in [1.29, 1.82) is 0 Å². The van der Waals surface area contributed by atoms with Crippen molar-refractivity contribution in [3.63, 3.8) is 0 Å². The Morgan fingerprint density at radius 1 is 0.875 bits per heavy atom. The molecule has 130 valence electrons. The van der Waals surface area contributed by atoms with Crippen molar-refractivity contribution >= 4 is 7.94 Å². The van der Waals surface area contributed by atoms with Gasteiger partial charge in [-0.15, -0.1) is 0 Å². The highest BCUT2D eigenvalue weighted by atomic mass is 31.2. The summed E-state index contributed by atoms with van der Waals surface area (Å²) in [6, 6.07) is 18.9. The topological polar surface area (TPSA) is 38.7 Å². The quantitative estimate of drug-likeness (QED) is 0.527. The third-order valence-electron chi connectivity index (χ3n) is 4.01. The second kappa shape index (κ2) is 9.66. The third-order valence-corrected chi connectivity index (χ3v) is 5.98. The second-order valence-corrected chi connectivity index (χ2v) is 8.05. The third kappa shape index (κ3) is 6.14. The Morgan fingerprint density at radius 2 is 1.38 bits per heavy atom. The highest BCUT2D eigenvalue weighted by Crippen LogP contribution is 2.58. The van der Waals surface area contributed by atoms with Crippen molar-refractivity contribution in [2.24, 2.45) is 5.92 Å². The molecule has 3 nitrogen and oxygen atoms in total. The van der Waals surface area contributed by atoms with Crippen LogP contribution in [0, 0.1) is 5.92 Å². The van der Waals surface area contributed by atoms with Gasteiger partial charge in [0.2, 0.25) is 0 Å². The SMILES string of the molecule is CCCCC(CC)C[P+](O)(Oc1ccccc1)Oc1ccccc1. The summed E-state index contributed by atoms with van der Waals surface area (Å²) in [7, 11) is -3.03. The molecule has 1 N–H and O–H groups in total. The molecule has 2 rings (SSSR count). The maximum atomic E-state index is 11.2. The summed E-state index contributed by atoms with van der Waals surface area (Å²) < 4.78 is 11.9. The first-order valence-electron chi connectivity index (χ1n) is 8.75. The largest absolute Gasteiger partial charge is 0.495 e. The Kier molecular flexibility index (Phi) is 7.55.